The Morgan fingerprint density at radius 1 is 1.42 bits per heavy atom. The van der Waals surface area contributed by atoms with Gasteiger partial charge in [0.05, 0.1) is 31.4 Å². The fourth-order valence-electron chi connectivity index (χ4n) is 3.14. The van der Waals surface area contributed by atoms with Crippen LogP contribution in [0.15, 0.2) is 12.1 Å². The largest absolute Gasteiger partial charge is 0.495 e. The van der Waals surface area contributed by atoms with Gasteiger partial charge in [-0.2, -0.15) is 0 Å². The van der Waals surface area contributed by atoms with Crippen molar-refractivity contribution in [1.82, 2.24) is 4.90 Å². The molecule has 0 spiro atoms. The minimum absolute atomic E-state index is 0.144. The SMILES string of the molecule is CCOC(=O)[C@H]1CCCN([C@@H](C)C(=O)Nc2cc(C)c(Cl)cc2OC)C1. The maximum Gasteiger partial charge on any atom is 0.310 e. The zero-order valence-electron chi connectivity index (χ0n) is 15.8. The number of hydrogen-bond donors (Lipinski definition) is 1. The average Bonchev–Trinajstić information content (AvgIpc) is 2.64. The van der Waals surface area contributed by atoms with E-state index in [2.05, 4.69) is 5.32 Å². The molecule has 0 aliphatic carbocycles. The van der Waals surface area contributed by atoms with Gasteiger partial charge in [-0.25, -0.2) is 0 Å². The highest BCUT2D eigenvalue weighted by Gasteiger charge is 2.31. The third-order valence-electron chi connectivity index (χ3n) is 4.74. The Hall–Kier alpha value is -1.79. The van der Waals surface area contributed by atoms with E-state index in [4.69, 9.17) is 21.1 Å². The van der Waals surface area contributed by atoms with Crippen LogP contribution in [0.25, 0.3) is 0 Å². The number of carbonyl (C=O) groups is 2. The first-order chi connectivity index (χ1) is 12.4. The zero-order valence-corrected chi connectivity index (χ0v) is 16.6. The quantitative estimate of drug-likeness (QED) is 0.765. The van der Waals surface area contributed by atoms with Crippen LogP contribution in [0.2, 0.25) is 5.02 Å². The van der Waals surface area contributed by atoms with Gasteiger partial charge in [0, 0.05) is 17.6 Å². The van der Waals surface area contributed by atoms with Crippen LogP contribution in [-0.4, -0.2) is 49.6 Å². The number of likely N-dealkylation sites (tertiary alicyclic amines) is 1. The highest BCUT2D eigenvalue weighted by molar-refractivity contribution is 6.31. The van der Waals surface area contributed by atoms with Crippen molar-refractivity contribution in [3.05, 3.63) is 22.7 Å². The van der Waals surface area contributed by atoms with Gasteiger partial charge < -0.3 is 14.8 Å². The molecule has 144 valence electrons. The van der Waals surface area contributed by atoms with Crippen molar-refractivity contribution in [1.29, 1.82) is 0 Å². The zero-order chi connectivity index (χ0) is 19.3. The molecule has 1 aliphatic rings. The van der Waals surface area contributed by atoms with Crippen molar-refractivity contribution in [3.63, 3.8) is 0 Å². The van der Waals surface area contributed by atoms with Crippen LogP contribution in [0.3, 0.4) is 0 Å². The molecular weight excluding hydrogens is 356 g/mol. The second-order valence-corrected chi connectivity index (χ2v) is 6.96. The van der Waals surface area contributed by atoms with Gasteiger partial charge in [-0.15, -0.1) is 0 Å². The molecule has 1 heterocycles. The van der Waals surface area contributed by atoms with Gasteiger partial charge >= 0.3 is 5.97 Å². The number of anilines is 1. The number of amides is 1. The van der Waals surface area contributed by atoms with Crippen LogP contribution in [0.4, 0.5) is 5.69 Å². The minimum Gasteiger partial charge on any atom is -0.495 e. The van der Waals surface area contributed by atoms with Crippen LogP contribution in [-0.2, 0) is 14.3 Å². The molecule has 1 aromatic rings. The van der Waals surface area contributed by atoms with Gasteiger partial charge in [0.15, 0.2) is 0 Å². The van der Waals surface area contributed by atoms with Gasteiger partial charge in [-0.1, -0.05) is 11.6 Å². The third kappa shape index (κ3) is 4.89. The number of piperidine rings is 1. The third-order valence-corrected chi connectivity index (χ3v) is 5.15. The van der Waals surface area contributed by atoms with Crippen LogP contribution in [0.5, 0.6) is 5.75 Å². The summed E-state index contributed by atoms with van der Waals surface area (Å²) in [7, 11) is 1.54. The normalized spacial score (nSPS) is 18.9. The summed E-state index contributed by atoms with van der Waals surface area (Å²) in [6, 6.07) is 3.12. The molecule has 1 N–H and O–H groups in total. The summed E-state index contributed by atoms with van der Waals surface area (Å²) in [5, 5.41) is 3.50. The minimum atomic E-state index is -0.368. The molecule has 1 saturated heterocycles. The molecule has 2 rings (SSSR count). The first-order valence-corrected chi connectivity index (χ1v) is 9.30. The highest BCUT2D eigenvalue weighted by Crippen LogP contribution is 2.31. The second kappa shape index (κ2) is 9.24. The first kappa shape index (κ1) is 20.5. The molecule has 1 aliphatic heterocycles. The lowest BCUT2D eigenvalue weighted by molar-refractivity contribution is -0.150. The lowest BCUT2D eigenvalue weighted by Crippen LogP contribution is -2.48. The first-order valence-electron chi connectivity index (χ1n) is 8.93. The molecule has 1 aromatic carbocycles. The van der Waals surface area contributed by atoms with Gasteiger partial charge in [0.25, 0.3) is 0 Å². The Labute approximate surface area is 159 Å². The van der Waals surface area contributed by atoms with Gasteiger partial charge in [-0.05, 0) is 51.8 Å². The number of aryl methyl sites for hydroxylation is 1. The molecule has 6 nitrogen and oxygen atoms in total. The number of rotatable bonds is 6. The van der Waals surface area contributed by atoms with Crippen molar-refractivity contribution in [2.45, 2.75) is 39.7 Å². The Bertz CT molecular complexity index is 665. The molecule has 26 heavy (non-hydrogen) atoms. The van der Waals surface area contributed by atoms with Gasteiger partial charge in [0.1, 0.15) is 5.75 Å². The molecular formula is C19H27ClN2O4. The number of carbonyl (C=O) groups excluding carboxylic acids is 2. The molecule has 0 aromatic heterocycles. The van der Waals surface area contributed by atoms with Crippen molar-refractivity contribution >= 4 is 29.2 Å². The topological polar surface area (TPSA) is 67.9 Å². The lowest BCUT2D eigenvalue weighted by atomic mass is 9.97. The number of benzene rings is 1. The molecule has 1 amide bonds. The number of ether oxygens (including phenoxy) is 2. The summed E-state index contributed by atoms with van der Waals surface area (Å²) in [6.07, 6.45) is 1.67. The van der Waals surface area contributed by atoms with Crippen LogP contribution in [0, 0.1) is 12.8 Å². The lowest BCUT2D eigenvalue weighted by Gasteiger charge is -2.35. The molecule has 1 fully saturated rings. The smallest absolute Gasteiger partial charge is 0.310 e. The van der Waals surface area contributed by atoms with Gasteiger partial charge in [-0.3, -0.25) is 14.5 Å². The van der Waals surface area contributed by atoms with Crippen molar-refractivity contribution < 1.29 is 19.1 Å². The highest BCUT2D eigenvalue weighted by atomic mass is 35.5. The van der Waals surface area contributed by atoms with Crippen molar-refractivity contribution in [2.24, 2.45) is 5.92 Å². The van der Waals surface area contributed by atoms with Crippen LogP contribution >= 0.6 is 11.6 Å². The Morgan fingerprint density at radius 3 is 2.81 bits per heavy atom. The number of methoxy groups -OCH3 is 1. The van der Waals surface area contributed by atoms with E-state index in [9.17, 15) is 9.59 Å². The number of halogens is 1. The van der Waals surface area contributed by atoms with Gasteiger partial charge in [0.2, 0.25) is 5.91 Å². The molecule has 0 saturated carbocycles. The van der Waals surface area contributed by atoms with Crippen molar-refractivity contribution in [2.75, 3.05) is 32.1 Å². The van der Waals surface area contributed by atoms with Crippen molar-refractivity contribution in [3.8, 4) is 5.75 Å². The van der Waals surface area contributed by atoms with Crippen LogP contribution in [0.1, 0.15) is 32.3 Å². The summed E-state index contributed by atoms with van der Waals surface area (Å²) in [5.41, 5.74) is 1.45. The Morgan fingerprint density at radius 2 is 2.15 bits per heavy atom. The van der Waals surface area contributed by atoms with E-state index in [0.29, 0.717) is 29.6 Å². The molecule has 2 atom stereocenters. The fraction of sp³-hybridized carbons (Fsp3) is 0.579. The summed E-state index contributed by atoms with van der Waals surface area (Å²) >= 11 is 6.11. The second-order valence-electron chi connectivity index (χ2n) is 6.55. The molecule has 0 unspecified atom stereocenters. The summed E-state index contributed by atoms with van der Waals surface area (Å²) in [6.45, 7) is 7.20. The Kier molecular flexibility index (Phi) is 7.29. The maximum atomic E-state index is 12.7. The number of nitrogens with one attached hydrogen (secondary N) is 1. The van der Waals surface area contributed by atoms with E-state index >= 15 is 0 Å². The predicted octanol–water partition coefficient (Wildman–Crippen LogP) is 3.26. The monoisotopic (exact) mass is 382 g/mol. The average molecular weight is 383 g/mol. The predicted molar refractivity (Wildman–Crippen MR) is 102 cm³/mol. The number of esters is 1. The maximum absolute atomic E-state index is 12.7. The Balaban J connectivity index is 2.05. The number of hydrogen-bond acceptors (Lipinski definition) is 5. The van der Waals surface area contributed by atoms with E-state index in [1.807, 2.05) is 18.7 Å². The fourth-order valence-corrected chi connectivity index (χ4v) is 3.30. The van der Waals surface area contributed by atoms with E-state index in [-0.39, 0.29) is 23.8 Å². The van der Waals surface area contributed by atoms with E-state index < -0.39 is 0 Å². The van der Waals surface area contributed by atoms with Crippen LogP contribution < -0.4 is 10.1 Å². The van der Waals surface area contributed by atoms with E-state index in [0.717, 1.165) is 24.9 Å². The van der Waals surface area contributed by atoms with E-state index in [1.54, 1.807) is 19.1 Å². The summed E-state index contributed by atoms with van der Waals surface area (Å²) in [5.74, 6) is 0.0183. The van der Waals surface area contributed by atoms with E-state index in [1.165, 1.54) is 7.11 Å². The number of nitrogens with zero attached hydrogens (tertiary/aromatic N) is 1. The summed E-state index contributed by atoms with van der Waals surface area (Å²) < 4.78 is 10.4. The molecule has 0 bridgehead atoms. The summed E-state index contributed by atoms with van der Waals surface area (Å²) in [4.78, 5) is 26.7. The molecule has 0 radical (unpaired) electrons. The standard InChI is InChI=1S/C19H27ClN2O4/c1-5-26-19(24)14-7-6-8-22(11-14)13(3)18(23)21-16-9-12(2)15(20)10-17(16)25-4/h9-10,13-14H,5-8,11H2,1-4H3,(H,21,23)/t13-,14-/m0/s1. The molecule has 7 heteroatoms.